The molecule has 0 unspecified atom stereocenters. The number of alkyl halides is 3. The van der Waals surface area contributed by atoms with Gasteiger partial charge in [-0.1, -0.05) is 19.1 Å². The van der Waals surface area contributed by atoms with Crippen LogP contribution in [-0.4, -0.2) is 12.1 Å². The summed E-state index contributed by atoms with van der Waals surface area (Å²) in [7, 11) is 0. The van der Waals surface area contributed by atoms with Crippen LogP contribution in [0.25, 0.3) is 11.1 Å². The zero-order valence-electron chi connectivity index (χ0n) is 11.6. The van der Waals surface area contributed by atoms with Crippen LogP contribution in [0.15, 0.2) is 42.5 Å². The Labute approximate surface area is 124 Å². The summed E-state index contributed by atoms with van der Waals surface area (Å²) in [6, 6.07) is 8.76. The van der Waals surface area contributed by atoms with Crippen LogP contribution in [0.2, 0.25) is 0 Å². The summed E-state index contributed by atoms with van der Waals surface area (Å²) < 4.78 is 54.4. The van der Waals surface area contributed by atoms with Gasteiger partial charge in [0.2, 0.25) is 0 Å². The van der Waals surface area contributed by atoms with E-state index < -0.39 is 17.9 Å². The van der Waals surface area contributed by atoms with Gasteiger partial charge in [0.25, 0.3) is 0 Å². The number of halogens is 4. The molecule has 0 saturated carbocycles. The maximum atomic E-state index is 13.9. The summed E-state index contributed by atoms with van der Waals surface area (Å²) in [6.07, 6.45) is -4.57. The van der Waals surface area contributed by atoms with E-state index in [2.05, 4.69) is 4.74 Å². The third-order valence-corrected chi connectivity index (χ3v) is 2.99. The van der Waals surface area contributed by atoms with Crippen LogP contribution in [0.5, 0.6) is 5.75 Å². The first-order chi connectivity index (χ1) is 10.3. The minimum atomic E-state index is -4.82. The van der Waals surface area contributed by atoms with E-state index in [0.717, 1.165) is 18.2 Å². The Morgan fingerprint density at radius 2 is 1.86 bits per heavy atom. The molecular weight excluding hydrogens is 300 g/mol. The first-order valence-corrected chi connectivity index (χ1v) is 6.49. The molecule has 0 saturated heterocycles. The van der Waals surface area contributed by atoms with E-state index in [4.69, 9.17) is 0 Å². The predicted molar refractivity (Wildman–Crippen MR) is 73.1 cm³/mol. The van der Waals surface area contributed by atoms with Crippen molar-refractivity contribution < 1.29 is 27.1 Å². The molecule has 2 aromatic rings. The largest absolute Gasteiger partial charge is 0.573 e. The number of ether oxygens (including phenoxy) is 1. The smallest absolute Gasteiger partial charge is 0.406 e. The molecule has 0 amide bonds. The van der Waals surface area contributed by atoms with Gasteiger partial charge < -0.3 is 4.74 Å². The molecule has 0 spiro atoms. The first kappa shape index (κ1) is 16.0. The second-order valence-corrected chi connectivity index (χ2v) is 4.55. The number of Topliss-reactive ketones (excluding diaryl/α,β-unsaturated/α-hetero) is 1. The van der Waals surface area contributed by atoms with Crippen molar-refractivity contribution in [2.45, 2.75) is 19.7 Å². The van der Waals surface area contributed by atoms with Crippen molar-refractivity contribution >= 4 is 5.78 Å². The maximum Gasteiger partial charge on any atom is 0.573 e. The molecule has 2 nitrogen and oxygen atoms in total. The van der Waals surface area contributed by atoms with Crippen LogP contribution >= 0.6 is 0 Å². The molecule has 2 rings (SSSR count). The zero-order chi connectivity index (χ0) is 16.3. The van der Waals surface area contributed by atoms with E-state index in [1.807, 2.05) is 0 Å². The van der Waals surface area contributed by atoms with Crippen molar-refractivity contribution in [3.8, 4) is 16.9 Å². The molecule has 2 aromatic carbocycles. The Morgan fingerprint density at radius 1 is 1.14 bits per heavy atom. The highest BCUT2D eigenvalue weighted by Gasteiger charge is 2.31. The van der Waals surface area contributed by atoms with Crippen molar-refractivity contribution in [1.82, 2.24) is 0 Å². The molecule has 0 bridgehead atoms. The number of rotatable bonds is 4. The summed E-state index contributed by atoms with van der Waals surface area (Å²) in [6.45, 7) is 1.67. The lowest BCUT2D eigenvalue weighted by atomic mass is 10.00. The highest BCUT2D eigenvalue weighted by molar-refractivity contribution is 5.97. The fraction of sp³-hybridized carbons (Fsp3) is 0.188. The van der Waals surface area contributed by atoms with Gasteiger partial charge in [0.15, 0.2) is 5.78 Å². The fourth-order valence-corrected chi connectivity index (χ4v) is 1.98. The SMILES string of the molecule is CCC(=O)c1ccc(F)c(-c2cccc(OC(F)(F)F)c2)c1. The molecule has 0 aliphatic carbocycles. The van der Waals surface area contributed by atoms with Crippen LogP contribution < -0.4 is 4.74 Å². The van der Waals surface area contributed by atoms with Crippen molar-refractivity contribution in [2.75, 3.05) is 0 Å². The molecule has 0 radical (unpaired) electrons. The summed E-state index contributed by atoms with van der Waals surface area (Å²) in [5.74, 6) is -1.25. The Hall–Kier alpha value is -2.37. The normalized spacial score (nSPS) is 11.3. The molecule has 0 heterocycles. The number of hydrogen-bond acceptors (Lipinski definition) is 2. The van der Waals surface area contributed by atoms with Gasteiger partial charge >= 0.3 is 6.36 Å². The van der Waals surface area contributed by atoms with Gasteiger partial charge in [0.1, 0.15) is 11.6 Å². The molecule has 6 heteroatoms. The Bertz CT molecular complexity index is 693. The van der Waals surface area contributed by atoms with Crippen LogP contribution in [0.1, 0.15) is 23.7 Å². The van der Waals surface area contributed by atoms with Gasteiger partial charge in [-0.05, 0) is 35.9 Å². The van der Waals surface area contributed by atoms with E-state index in [9.17, 15) is 22.4 Å². The zero-order valence-corrected chi connectivity index (χ0v) is 11.6. The number of hydrogen-bond donors (Lipinski definition) is 0. The Morgan fingerprint density at radius 3 is 2.50 bits per heavy atom. The van der Waals surface area contributed by atoms with Crippen LogP contribution in [0, 0.1) is 5.82 Å². The topological polar surface area (TPSA) is 26.3 Å². The summed E-state index contributed by atoms with van der Waals surface area (Å²) in [5.41, 5.74) is 0.554. The van der Waals surface area contributed by atoms with Crippen LogP contribution in [0.3, 0.4) is 0 Å². The van der Waals surface area contributed by atoms with Gasteiger partial charge in [0.05, 0.1) is 0 Å². The van der Waals surface area contributed by atoms with E-state index in [1.165, 1.54) is 24.3 Å². The fourth-order valence-electron chi connectivity index (χ4n) is 1.98. The average Bonchev–Trinajstić information content (AvgIpc) is 2.45. The van der Waals surface area contributed by atoms with E-state index in [-0.39, 0.29) is 23.3 Å². The molecule has 0 atom stereocenters. The van der Waals surface area contributed by atoms with Crippen molar-refractivity contribution in [2.24, 2.45) is 0 Å². The van der Waals surface area contributed by atoms with Gasteiger partial charge in [0, 0.05) is 17.5 Å². The summed E-state index contributed by atoms with van der Waals surface area (Å²) in [4.78, 5) is 11.7. The number of benzene rings is 2. The van der Waals surface area contributed by atoms with Crippen LogP contribution in [-0.2, 0) is 0 Å². The number of carbonyl (C=O) groups is 1. The summed E-state index contributed by atoms with van der Waals surface area (Å²) >= 11 is 0. The number of ketones is 1. The Balaban J connectivity index is 2.43. The minimum Gasteiger partial charge on any atom is -0.406 e. The standard InChI is InChI=1S/C16H12F4O2/c1-2-15(21)11-6-7-14(17)13(9-11)10-4-3-5-12(8-10)22-16(18,19)20/h3-9H,2H2,1H3. The molecule has 0 aliphatic heterocycles. The van der Waals surface area contributed by atoms with Crippen molar-refractivity contribution in [1.29, 1.82) is 0 Å². The quantitative estimate of drug-likeness (QED) is 0.587. The van der Waals surface area contributed by atoms with Gasteiger partial charge in [-0.3, -0.25) is 4.79 Å². The first-order valence-electron chi connectivity index (χ1n) is 6.49. The molecule has 0 N–H and O–H groups in total. The van der Waals surface area contributed by atoms with Gasteiger partial charge in [-0.25, -0.2) is 4.39 Å². The van der Waals surface area contributed by atoms with Gasteiger partial charge in [-0.2, -0.15) is 0 Å². The highest BCUT2D eigenvalue weighted by Crippen LogP contribution is 2.30. The van der Waals surface area contributed by atoms with E-state index in [1.54, 1.807) is 6.92 Å². The van der Waals surface area contributed by atoms with Crippen LogP contribution in [0.4, 0.5) is 17.6 Å². The lowest BCUT2D eigenvalue weighted by molar-refractivity contribution is -0.274. The molecular formula is C16H12F4O2. The highest BCUT2D eigenvalue weighted by atomic mass is 19.4. The second kappa shape index (κ2) is 6.17. The predicted octanol–water partition coefficient (Wildman–Crippen LogP) is 4.98. The maximum absolute atomic E-state index is 13.9. The van der Waals surface area contributed by atoms with E-state index in [0.29, 0.717) is 5.56 Å². The third kappa shape index (κ3) is 3.84. The molecule has 0 aromatic heterocycles. The summed E-state index contributed by atoms with van der Waals surface area (Å²) in [5, 5.41) is 0. The lowest BCUT2D eigenvalue weighted by Gasteiger charge is -2.11. The molecule has 0 fully saturated rings. The number of carbonyl (C=O) groups excluding carboxylic acids is 1. The van der Waals surface area contributed by atoms with Crippen molar-refractivity contribution in [3.63, 3.8) is 0 Å². The molecule has 116 valence electrons. The second-order valence-electron chi connectivity index (χ2n) is 4.55. The van der Waals surface area contributed by atoms with Gasteiger partial charge in [-0.15, -0.1) is 13.2 Å². The Kier molecular flexibility index (Phi) is 4.49. The van der Waals surface area contributed by atoms with E-state index >= 15 is 0 Å². The minimum absolute atomic E-state index is 0.0481. The lowest BCUT2D eigenvalue weighted by Crippen LogP contribution is -2.17. The molecule has 0 aliphatic rings. The monoisotopic (exact) mass is 312 g/mol. The third-order valence-electron chi connectivity index (χ3n) is 2.99. The van der Waals surface area contributed by atoms with Crippen molar-refractivity contribution in [3.05, 3.63) is 53.8 Å². The molecule has 22 heavy (non-hydrogen) atoms. The average molecular weight is 312 g/mol.